The molecule has 2 rings (SSSR count). The molecule has 162 valence electrons. The minimum absolute atomic E-state index is 0.0298. The number of amides is 2. The smallest absolute Gasteiger partial charge is 0.408 e. The summed E-state index contributed by atoms with van der Waals surface area (Å²) >= 11 is 0. The number of carbonyl (C=O) groups excluding carboxylic acids is 2. The predicted octanol–water partition coefficient (Wildman–Crippen LogP) is 2.44. The fourth-order valence-corrected chi connectivity index (χ4v) is 2.65. The molecule has 1 aliphatic rings. The monoisotopic (exact) mass is 409 g/mol. The van der Waals surface area contributed by atoms with Crippen molar-refractivity contribution in [3.8, 4) is 5.75 Å². The van der Waals surface area contributed by atoms with E-state index in [2.05, 4.69) is 10.6 Å². The zero-order chi connectivity index (χ0) is 22.0. The normalized spacial score (nSPS) is 18.3. The number of fused-ring (bicyclic) bond motifs is 1. The SMILES string of the molecule is CN1C(=O)[C@@H](NC(=O)OC(C)(C)C)COc2ccc(NC(O)OC(C)(C)C)cc21. The molecule has 29 heavy (non-hydrogen) atoms. The molecule has 1 aromatic carbocycles. The number of rotatable bonds is 4. The number of ether oxygens (including phenoxy) is 3. The molecule has 9 heteroatoms. The molecule has 0 saturated heterocycles. The summed E-state index contributed by atoms with van der Waals surface area (Å²) in [6.07, 6.45) is -1.91. The minimum Gasteiger partial charge on any atom is -0.489 e. The standard InChI is InChI=1S/C20H31N3O6/c1-19(2,3)28-17(25)21-12-8-9-15-14(10-12)23(7)16(24)13(11-27-15)22-18(26)29-20(4,5)6/h8-10,13,17,21,25H,11H2,1-7H3,(H,22,26)/t13-,17?/m0/s1. The molecule has 1 unspecified atom stereocenters. The van der Waals surface area contributed by atoms with Gasteiger partial charge >= 0.3 is 6.09 Å². The average molecular weight is 409 g/mol. The highest BCUT2D eigenvalue weighted by Crippen LogP contribution is 2.33. The lowest BCUT2D eigenvalue weighted by Gasteiger charge is -2.26. The Kier molecular flexibility index (Phi) is 6.64. The minimum atomic E-state index is -1.22. The number of aliphatic hydroxyl groups is 1. The first-order valence-corrected chi connectivity index (χ1v) is 9.41. The fourth-order valence-electron chi connectivity index (χ4n) is 2.65. The van der Waals surface area contributed by atoms with E-state index in [0.29, 0.717) is 17.1 Å². The molecule has 0 aliphatic carbocycles. The van der Waals surface area contributed by atoms with Crippen LogP contribution in [0.4, 0.5) is 16.2 Å². The fraction of sp³-hybridized carbons (Fsp3) is 0.600. The lowest BCUT2D eigenvalue weighted by Crippen LogP contribution is -2.50. The molecule has 0 radical (unpaired) electrons. The summed E-state index contributed by atoms with van der Waals surface area (Å²) in [6.45, 7) is 10.7. The summed E-state index contributed by atoms with van der Waals surface area (Å²) in [4.78, 5) is 26.2. The first-order valence-electron chi connectivity index (χ1n) is 9.41. The molecule has 1 heterocycles. The van der Waals surface area contributed by atoms with Gasteiger partial charge in [-0.1, -0.05) is 0 Å². The van der Waals surface area contributed by atoms with Gasteiger partial charge in [0.1, 0.15) is 24.0 Å². The van der Waals surface area contributed by atoms with E-state index >= 15 is 0 Å². The van der Waals surface area contributed by atoms with Crippen molar-refractivity contribution >= 4 is 23.4 Å². The Balaban J connectivity index is 2.12. The van der Waals surface area contributed by atoms with E-state index in [1.165, 1.54) is 4.90 Å². The van der Waals surface area contributed by atoms with Crippen LogP contribution in [0, 0.1) is 0 Å². The molecule has 0 saturated carbocycles. The zero-order valence-electron chi connectivity index (χ0n) is 18.0. The van der Waals surface area contributed by atoms with Gasteiger partial charge in [0.05, 0.1) is 11.3 Å². The highest BCUT2D eigenvalue weighted by molar-refractivity contribution is 6.00. The van der Waals surface area contributed by atoms with Gasteiger partial charge in [0.2, 0.25) is 6.41 Å². The van der Waals surface area contributed by atoms with Crippen molar-refractivity contribution < 1.29 is 28.9 Å². The van der Waals surface area contributed by atoms with Crippen molar-refractivity contribution in [2.45, 2.75) is 65.2 Å². The van der Waals surface area contributed by atoms with Crippen LogP contribution in [0.1, 0.15) is 41.5 Å². The molecule has 0 spiro atoms. The van der Waals surface area contributed by atoms with Gasteiger partial charge in [-0.2, -0.15) is 0 Å². The maximum atomic E-state index is 12.8. The van der Waals surface area contributed by atoms with Crippen LogP contribution in [0.15, 0.2) is 18.2 Å². The Bertz CT molecular complexity index is 754. The Labute approximate surface area is 171 Å². The van der Waals surface area contributed by atoms with Gasteiger partial charge in [0, 0.05) is 12.7 Å². The molecule has 2 amide bonds. The number of aliphatic hydroxyl groups excluding tert-OH is 1. The Morgan fingerprint density at radius 3 is 2.48 bits per heavy atom. The van der Waals surface area contributed by atoms with Gasteiger partial charge in [0.15, 0.2) is 0 Å². The largest absolute Gasteiger partial charge is 0.489 e. The van der Waals surface area contributed by atoms with E-state index in [4.69, 9.17) is 14.2 Å². The number of nitrogens with zero attached hydrogens (tertiary/aromatic N) is 1. The maximum absolute atomic E-state index is 12.8. The van der Waals surface area contributed by atoms with E-state index in [-0.39, 0.29) is 12.5 Å². The molecule has 0 aromatic heterocycles. The van der Waals surface area contributed by atoms with E-state index in [9.17, 15) is 14.7 Å². The molecule has 0 fully saturated rings. The number of hydrogen-bond acceptors (Lipinski definition) is 7. The summed E-state index contributed by atoms with van der Waals surface area (Å²) in [7, 11) is 1.59. The van der Waals surface area contributed by atoms with Crippen molar-refractivity contribution in [2.75, 3.05) is 23.9 Å². The van der Waals surface area contributed by atoms with Crippen LogP contribution >= 0.6 is 0 Å². The van der Waals surface area contributed by atoms with Crippen molar-refractivity contribution in [3.63, 3.8) is 0 Å². The second kappa shape index (κ2) is 8.46. The van der Waals surface area contributed by atoms with Crippen molar-refractivity contribution in [1.82, 2.24) is 5.32 Å². The van der Waals surface area contributed by atoms with Crippen molar-refractivity contribution in [3.05, 3.63) is 18.2 Å². The molecular formula is C20H31N3O6. The number of hydrogen-bond donors (Lipinski definition) is 3. The first kappa shape index (κ1) is 22.8. The maximum Gasteiger partial charge on any atom is 0.408 e. The third-order valence-electron chi connectivity index (χ3n) is 3.80. The van der Waals surface area contributed by atoms with Gasteiger partial charge < -0.3 is 34.9 Å². The van der Waals surface area contributed by atoms with E-state index in [1.807, 2.05) is 20.8 Å². The quantitative estimate of drug-likeness (QED) is 0.655. The Morgan fingerprint density at radius 2 is 1.90 bits per heavy atom. The number of alkyl carbamates (subject to hydrolysis) is 1. The highest BCUT2D eigenvalue weighted by atomic mass is 16.6. The summed E-state index contributed by atoms with van der Waals surface area (Å²) in [6, 6.07) is 4.15. The van der Waals surface area contributed by atoms with Gasteiger partial charge in [0.25, 0.3) is 5.91 Å². The summed E-state index contributed by atoms with van der Waals surface area (Å²) in [5.41, 5.74) is -0.169. The first-order chi connectivity index (χ1) is 13.2. The van der Waals surface area contributed by atoms with Crippen LogP contribution in [0.3, 0.4) is 0 Å². The molecule has 2 atom stereocenters. The van der Waals surface area contributed by atoms with Crippen molar-refractivity contribution in [1.29, 1.82) is 0 Å². The van der Waals surface area contributed by atoms with Crippen LogP contribution in [0.5, 0.6) is 5.75 Å². The number of nitrogens with one attached hydrogen (secondary N) is 2. The molecule has 0 bridgehead atoms. The van der Waals surface area contributed by atoms with Crippen LogP contribution in [-0.4, -0.2) is 54.4 Å². The number of benzene rings is 1. The zero-order valence-corrected chi connectivity index (χ0v) is 18.0. The molecule has 1 aromatic rings. The van der Waals surface area contributed by atoms with Crippen LogP contribution < -0.4 is 20.3 Å². The van der Waals surface area contributed by atoms with Gasteiger partial charge in [-0.3, -0.25) is 4.79 Å². The number of carbonyl (C=O) groups is 2. The second-order valence-electron chi connectivity index (χ2n) is 8.82. The Hall–Kier alpha value is -2.52. The Morgan fingerprint density at radius 1 is 1.24 bits per heavy atom. The highest BCUT2D eigenvalue weighted by Gasteiger charge is 2.32. The summed E-state index contributed by atoms with van der Waals surface area (Å²) in [5, 5.41) is 15.4. The number of anilines is 2. The van der Waals surface area contributed by atoms with E-state index in [1.54, 1.807) is 46.0 Å². The summed E-state index contributed by atoms with van der Waals surface area (Å²) < 4.78 is 16.4. The van der Waals surface area contributed by atoms with Crippen LogP contribution in [-0.2, 0) is 14.3 Å². The van der Waals surface area contributed by atoms with E-state index in [0.717, 1.165) is 0 Å². The topological polar surface area (TPSA) is 109 Å². The predicted molar refractivity (Wildman–Crippen MR) is 109 cm³/mol. The molecule has 9 nitrogen and oxygen atoms in total. The number of likely N-dealkylation sites (N-methyl/N-ethyl adjacent to an activating group) is 1. The second-order valence-corrected chi connectivity index (χ2v) is 8.82. The average Bonchev–Trinajstić information content (AvgIpc) is 2.64. The van der Waals surface area contributed by atoms with Crippen LogP contribution in [0.25, 0.3) is 0 Å². The lowest BCUT2D eigenvalue weighted by atomic mass is 10.2. The van der Waals surface area contributed by atoms with E-state index < -0.39 is 29.8 Å². The third-order valence-corrected chi connectivity index (χ3v) is 3.80. The molecular weight excluding hydrogens is 378 g/mol. The van der Waals surface area contributed by atoms with Crippen LogP contribution in [0.2, 0.25) is 0 Å². The van der Waals surface area contributed by atoms with Crippen molar-refractivity contribution in [2.24, 2.45) is 0 Å². The third kappa shape index (κ3) is 6.79. The van der Waals surface area contributed by atoms with Gasteiger partial charge in [-0.05, 0) is 59.7 Å². The summed E-state index contributed by atoms with van der Waals surface area (Å²) in [5.74, 6) is 0.129. The lowest BCUT2D eigenvalue weighted by molar-refractivity contribution is -0.148. The van der Waals surface area contributed by atoms with Gasteiger partial charge in [-0.25, -0.2) is 4.79 Å². The molecule has 1 aliphatic heterocycles. The van der Waals surface area contributed by atoms with Gasteiger partial charge in [-0.15, -0.1) is 0 Å². The molecule has 3 N–H and O–H groups in total.